The molecule has 28 heavy (non-hydrogen) atoms. The summed E-state index contributed by atoms with van der Waals surface area (Å²) in [5.41, 5.74) is 3.48. The molecule has 2 aliphatic rings. The molecule has 0 saturated carbocycles. The number of ether oxygens (including phenoxy) is 2. The van der Waals surface area contributed by atoms with Crippen molar-refractivity contribution < 1.29 is 19.4 Å². The summed E-state index contributed by atoms with van der Waals surface area (Å²) in [6, 6.07) is 0. The molecule has 0 fully saturated rings. The number of esters is 1. The van der Waals surface area contributed by atoms with Crippen LogP contribution in [0, 0.1) is 0 Å². The molecule has 4 heteroatoms. The zero-order chi connectivity index (χ0) is 20.7. The molecule has 2 rings (SSSR count). The Bertz CT molecular complexity index is 639. The smallest absolute Gasteiger partial charge is 0.334 e. The summed E-state index contributed by atoms with van der Waals surface area (Å²) >= 11 is 0. The molecule has 1 aliphatic carbocycles. The van der Waals surface area contributed by atoms with Gasteiger partial charge in [0.25, 0.3) is 0 Å². The van der Waals surface area contributed by atoms with Crippen LogP contribution in [-0.2, 0) is 14.3 Å². The van der Waals surface area contributed by atoms with E-state index in [9.17, 15) is 9.90 Å². The van der Waals surface area contributed by atoms with Gasteiger partial charge in [-0.3, -0.25) is 0 Å². The largest absolute Gasteiger partial charge is 0.450 e. The third kappa shape index (κ3) is 6.31. The van der Waals surface area contributed by atoms with Gasteiger partial charge in [0.2, 0.25) is 0 Å². The fourth-order valence-electron chi connectivity index (χ4n) is 3.93. The van der Waals surface area contributed by atoms with Crippen molar-refractivity contribution in [3.05, 3.63) is 34.4 Å². The van der Waals surface area contributed by atoms with E-state index in [4.69, 9.17) is 9.47 Å². The van der Waals surface area contributed by atoms with Crippen molar-refractivity contribution >= 4 is 5.97 Å². The first-order chi connectivity index (χ1) is 13.2. The Morgan fingerprint density at radius 1 is 1.21 bits per heavy atom. The van der Waals surface area contributed by atoms with Gasteiger partial charge < -0.3 is 14.6 Å². The standard InChI is InChI=1S/C24H38O4/c1-6-7-15-27-22-13-11-18(3)16-21-20(19(4)23(25)28-21)12-10-17(2)9-8-14-24(22,5)26/h9,16,21-22,26H,6-8,10-15H2,1-5H3/b17-9+,18-16+/t21-,22-,24+/m0/s1. The van der Waals surface area contributed by atoms with Crippen LogP contribution in [-0.4, -0.2) is 35.5 Å². The van der Waals surface area contributed by atoms with E-state index >= 15 is 0 Å². The molecule has 0 radical (unpaired) electrons. The van der Waals surface area contributed by atoms with Crippen LogP contribution < -0.4 is 0 Å². The van der Waals surface area contributed by atoms with Crippen LogP contribution in [0.15, 0.2) is 34.4 Å². The number of carbonyl (C=O) groups is 1. The number of rotatable bonds is 4. The molecule has 0 aromatic heterocycles. The molecule has 1 N–H and O–H groups in total. The highest BCUT2D eigenvalue weighted by molar-refractivity contribution is 5.92. The summed E-state index contributed by atoms with van der Waals surface area (Å²) < 4.78 is 11.7. The molecule has 0 aromatic rings. The maximum Gasteiger partial charge on any atom is 0.334 e. The lowest BCUT2D eigenvalue weighted by molar-refractivity contribution is -0.138. The van der Waals surface area contributed by atoms with Gasteiger partial charge in [-0.1, -0.05) is 30.6 Å². The molecule has 0 unspecified atom stereocenters. The monoisotopic (exact) mass is 390 g/mol. The zero-order valence-electron chi connectivity index (χ0n) is 18.3. The average Bonchev–Trinajstić information content (AvgIpc) is 2.88. The van der Waals surface area contributed by atoms with Crippen LogP contribution in [0.1, 0.15) is 86.0 Å². The van der Waals surface area contributed by atoms with Gasteiger partial charge in [0.05, 0.1) is 11.7 Å². The summed E-state index contributed by atoms with van der Waals surface area (Å²) in [5, 5.41) is 11.1. The Morgan fingerprint density at radius 2 is 1.96 bits per heavy atom. The van der Waals surface area contributed by atoms with Gasteiger partial charge in [0, 0.05) is 12.2 Å². The molecule has 158 valence electrons. The van der Waals surface area contributed by atoms with E-state index in [0.29, 0.717) is 13.0 Å². The number of carbonyl (C=O) groups excluding carboxylic acids is 1. The van der Waals surface area contributed by atoms with Crippen LogP contribution >= 0.6 is 0 Å². The van der Waals surface area contributed by atoms with Crippen molar-refractivity contribution in [2.45, 2.75) is 104 Å². The molecule has 1 heterocycles. The Labute approximate surface area is 170 Å². The average molecular weight is 391 g/mol. The Balaban J connectivity index is 2.23. The van der Waals surface area contributed by atoms with Crippen molar-refractivity contribution in [2.24, 2.45) is 0 Å². The minimum atomic E-state index is -0.851. The molecule has 0 saturated heterocycles. The first-order valence-electron chi connectivity index (χ1n) is 10.8. The van der Waals surface area contributed by atoms with Crippen LogP contribution in [0.2, 0.25) is 0 Å². The number of fused-ring (bicyclic) bond motifs is 1. The van der Waals surface area contributed by atoms with Gasteiger partial charge in [0.1, 0.15) is 6.10 Å². The Kier molecular flexibility index (Phi) is 8.51. The van der Waals surface area contributed by atoms with Crippen LogP contribution in [0.3, 0.4) is 0 Å². The number of aliphatic hydroxyl groups is 1. The first kappa shape index (κ1) is 22.9. The number of hydrogen-bond acceptors (Lipinski definition) is 4. The minimum Gasteiger partial charge on any atom is -0.450 e. The lowest BCUT2D eigenvalue weighted by Crippen LogP contribution is -2.41. The summed E-state index contributed by atoms with van der Waals surface area (Å²) in [6.45, 7) is 10.8. The summed E-state index contributed by atoms with van der Waals surface area (Å²) in [6.07, 6.45) is 10.8. The van der Waals surface area contributed by atoms with Gasteiger partial charge in [-0.2, -0.15) is 0 Å². The highest BCUT2D eigenvalue weighted by Crippen LogP contribution is 2.32. The van der Waals surface area contributed by atoms with Crippen LogP contribution in [0.4, 0.5) is 0 Å². The topological polar surface area (TPSA) is 55.8 Å². The molecular formula is C24H38O4. The quantitative estimate of drug-likeness (QED) is 0.396. The number of hydrogen-bond donors (Lipinski definition) is 1. The normalized spacial score (nSPS) is 34.0. The molecular weight excluding hydrogens is 352 g/mol. The molecule has 0 bridgehead atoms. The van der Waals surface area contributed by atoms with E-state index in [1.807, 2.05) is 13.8 Å². The van der Waals surface area contributed by atoms with Crippen LogP contribution in [0.25, 0.3) is 0 Å². The third-order valence-corrected chi connectivity index (χ3v) is 6.04. The second-order valence-electron chi connectivity index (χ2n) is 8.69. The predicted molar refractivity (Wildman–Crippen MR) is 113 cm³/mol. The first-order valence-corrected chi connectivity index (χ1v) is 10.8. The van der Waals surface area contributed by atoms with Crippen molar-refractivity contribution in [3.8, 4) is 0 Å². The lowest BCUT2D eigenvalue weighted by Gasteiger charge is -2.33. The molecule has 3 atom stereocenters. The van der Waals surface area contributed by atoms with E-state index in [1.54, 1.807) is 0 Å². The third-order valence-electron chi connectivity index (χ3n) is 6.04. The Hall–Kier alpha value is -1.39. The Morgan fingerprint density at radius 3 is 2.68 bits per heavy atom. The number of unbranched alkanes of at least 4 members (excludes halogenated alkanes) is 1. The minimum absolute atomic E-state index is 0.193. The summed E-state index contributed by atoms with van der Waals surface area (Å²) in [5.74, 6) is -0.196. The lowest BCUT2D eigenvalue weighted by atomic mass is 9.87. The van der Waals surface area contributed by atoms with Gasteiger partial charge in [0.15, 0.2) is 0 Å². The van der Waals surface area contributed by atoms with Crippen molar-refractivity contribution in [1.29, 1.82) is 0 Å². The molecule has 4 nitrogen and oxygen atoms in total. The fraction of sp³-hybridized carbons (Fsp3) is 0.708. The maximum absolute atomic E-state index is 12.1. The second-order valence-corrected chi connectivity index (χ2v) is 8.69. The van der Waals surface area contributed by atoms with E-state index in [-0.39, 0.29) is 18.2 Å². The van der Waals surface area contributed by atoms with E-state index in [2.05, 4.69) is 32.9 Å². The van der Waals surface area contributed by atoms with E-state index in [0.717, 1.165) is 56.1 Å². The van der Waals surface area contributed by atoms with Crippen molar-refractivity contribution in [3.63, 3.8) is 0 Å². The predicted octanol–water partition coefficient (Wildman–Crippen LogP) is 5.41. The molecule has 0 aromatic carbocycles. The van der Waals surface area contributed by atoms with Gasteiger partial charge in [-0.15, -0.1) is 0 Å². The van der Waals surface area contributed by atoms with Gasteiger partial charge in [-0.25, -0.2) is 4.79 Å². The highest BCUT2D eigenvalue weighted by atomic mass is 16.5. The van der Waals surface area contributed by atoms with E-state index in [1.165, 1.54) is 11.1 Å². The molecule has 0 amide bonds. The molecule has 1 aliphatic heterocycles. The number of allylic oxidation sites excluding steroid dienone is 3. The van der Waals surface area contributed by atoms with Crippen molar-refractivity contribution in [2.75, 3.05) is 6.61 Å². The molecule has 0 spiro atoms. The maximum atomic E-state index is 12.1. The zero-order valence-corrected chi connectivity index (χ0v) is 18.3. The second kappa shape index (κ2) is 10.4. The van der Waals surface area contributed by atoms with Crippen LogP contribution in [0.5, 0.6) is 0 Å². The van der Waals surface area contributed by atoms with Gasteiger partial charge >= 0.3 is 5.97 Å². The SMILES string of the molecule is CCCCO[C@H]1CC/C(C)=C/[C@@H]2OC(=O)C(C)=C2CC/C(C)=C/CC[C@@]1(C)O. The van der Waals surface area contributed by atoms with Gasteiger partial charge in [-0.05, 0) is 84.3 Å². The van der Waals surface area contributed by atoms with E-state index < -0.39 is 5.60 Å². The fourth-order valence-corrected chi connectivity index (χ4v) is 3.93. The summed E-state index contributed by atoms with van der Waals surface area (Å²) in [4.78, 5) is 12.1. The highest BCUT2D eigenvalue weighted by Gasteiger charge is 2.33. The van der Waals surface area contributed by atoms with Crippen molar-refractivity contribution in [1.82, 2.24) is 0 Å². The summed E-state index contributed by atoms with van der Waals surface area (Å²) in [7, 11) is 0.